The Morgan fingerprint density at radius 2 is 2.11 bits per heavy atom. The molecular formula is C14H13N3OS. The van der Waals surface area contributed by atoms with Crippen LogP contribution in [0.5, 0.6) is 0 Å². The summed E-state index contributed by atoms with van der Waals surface area (Å²) >= 11 is 1.57. The molecule has 0 fully saturated rings. The minimum absolute atomic E-state index is 0.0591. The summed E-state index contributed by atoms with van der Waals surface area (Å²) in [6.07, 6.45) is 3.56. The van der Waals surface area contributed by atoms with Crippen molar-refractivity contribution in [3.63, 3.8) is 0 Å². The molecule has 0 bridgehead atoms. The molecule has 0 spiro atoms. The summed E-state index contributed by atoms with van der Waals surface area (Å²) in [5.41, 5.74) is 3.06. The molecule has 0 saturated carbocycles. The fraction of sp³-hybridized carbons (Fsp3) is 0.143. The van der Waals surface area contributed by atoms with Crippen LogP contribution in [0.3, 0.4) is 0 Å². The van der Waals surface area contributed by atoms with Crippen LogP contribution in [0.1, 0.15) is 5.56 Å². The van der Waals surface area contributed by atoms with Gasteiger partial charge in [0.2, 0.25) is 5.91 Å². The van der Waals surface area contributed by atoms with E-state index in [-0.39, 0.29) is 5.91 Å². The van der Waals surface area contributed by atoms with Gasteiger partial charge < -0.3 is 10.6 Å². The lowest BCUT2D eigenvalue weighted by molar-refractivity contribution is -0.113. The molecule has 96 valence electrons. The molecule has 2 N–H and O–H groups in total. The fourth-order valence-corrected chi connectivity index (χ4v) is 2.69. The van der Waals surface area contributed by atoms with E-state index >= 15 is 0 Å². The van der Waals surface area contributed by atoms with Crippen molar-refractivity contribution in [2.24, 2.45) is 0 Å². The molecule has 0 atom stereocenters. The van der Waals surface area contributed by atoms with Gasteiger partial charge in [0.15, 0.2) is 0 Å². The van der Waals surface area contributed by atoms with Gasteiger partial charge in [0.05, 0.1) is 11.4 Å². The maximum atomic E-state index is 11.4. The number of nitrogens with one attached hydrogen (secondary N) is 2. The van der Waals surface area contributed by atoms with Crippen LogP contribution >= 0.6 is 11.8 Å². The van der Waals surface area contributed by atoms with Gasteiger partial charge in [0.1, 0.15) is 0 Å². The molecule has 19 heavy (non-hydrogen) atoms. The highest BCUT2D eigenvalue weighted by Crippen LogP contribution is 2.33. The van der Waals surface area contributed by atoms with Gasteiger partial charge in [-0.15, -0.1) is 11.8 Å². The third-order valence-electron chi connectivity index (χ3n) is 2.86. The lowest BCUT2D eigenvalue weighted by Crippen LogP contribution is -2.18. The molecule has 0 saturated heterocycles. The Balaban J connectivity index is 1.72. The average Bonchev–Trinajstić information content (AvgIpc) is 2.46. The van der Waals surface area contributed by atoms with Gasteiger partial charge >= 0.3 is 0 Å². The van der Waals surface area contributed by atoms with Crippen LogP contribution in [0.2, 0.25) is 0 Å². The maximum Gasteiger partial charge on any atom is 0.234 e. The van der Waals surface area contributed by atoms with Crippen LogP contribution in [0, 0.1) is 0 Å². The van der Waals surface area contributed by atoms with Crippen molar-refractivity contribution >= 4 is 29.0 Å². The predicted octanol–water partition coefficient (Wildman–Crippen LogP) is 2.74. The van der Waals surface area contributed by atoms with Crippen molar-refractivity contribution in [3.05, 3.63) is 48.3 Å². The van der Waals surface area contributed by atoms with Gasteiger partial charge in [-0.1, -0.05) is 0 Å². The zero-order chi connectivity index (χ0) is 13.1. The molecule has 3 rings (SSSR count). The first-order chi connectivity index (χ1) is 9.31. The van der Waals surface area contributed by atoms with Gasteiger partial charge in [0, 0.05) is 29.5 Å². The second kappa shape index (κ2) is 5.32. The summed E-state index contributed by atoms with van der Waals surface area (Å²) in [6.45, 7) is 0.738. The Morgan fingerprint density at radius 3 is 2.95 bits per heavy atom. The Labute approximate surface area is 115 Å². The van der Waals surface area contributed by atoms with Crippen LogP contribution in [0.4, 0.5) is 11.4 Å². The van der Waals surface area contributed by atoms with Gasteiger partial charge in [0.25, 0.3) is 0 Å². The number of carbonyl (C=O) groups excluding carboxylic acids is 1. The van der Waals surface area contributed by atoms with Crippen molar-refractivity contribution in [2.45, 2.75) is 11.4 Å². The number of anilines is 2. The number of carbonyl (C=O) groups is 1. The van der Waals surface area contributed by atoms with E-state index in [9.17, 15) is 4.79 Å². The Bertz CT molecular complexity index is 601. The monoisotopic (exact) mass is 271 g/mol. The van der Waals surface area contributed by atoms with E-state index in [4.69, 9.17) is 0 Å². The Kier molecular flexibility index (Phi) is 3.37. The van der Waals surface area contributed by atoms with Gasteiger partial charge in [-0.3, -0.25) is 9.78 Å². The molecule has 5 heteroatoms. The average molecular weight is 271 g/mol. The summed E-state index contributed by atoms with van der Waals surface area (Å²) < 4.78 is 0. The molecule has 2 heterocycles. The van der Waals surface area contributed by atoms with E-state index < -0.39 is 0 Å². The first-order valence-electron chi connectivity index (χ1n) is 6.01. The third kappa shape index (κ3) is 2.88. The number of hydrogen-bond donors (Lipinski definition) is 2. The highest BCUT2D eigenvalue weighted by Gasteiger charge is 2.15. The largest absolute Gasteiger partial charge is 0.381 e. The number of rotatable bonds is 3. The number of benzene rings is 1. The summed E-state index contributed by atoms with van der Waals surface area (Å²) in [5.74, 6) is 0.556. The minimum atomic E-state index is 0.0591. The molecule has 1 aliphatic heterocycles. The van der Waals surface area contributed by atoms with Crippen molar-refractivity contribution in [1.29, 1.82) is 0 Å². The van der Waals surface area contributed by atoms with Crippen molar-refractivity contribution in [3.8, 4) is 0 Å². The molecule has 2 aromatic rings. The van der Waals surface area contributed by atoms with E-state index in [1.165, 1.54) is 5.56 Å². The zero-order valence-electron chi connectivity index (χ0n) is 10.2. The zero-order valence-corrected chi connectivity index (χ0v) is 11.0. The van der Waals surface area contributed by atoms with E-state index in [2.05, 4.69) is 15.6 Å². The van der Waals surface area contributed by atoms with Crippen molar-refractivity contribution in [2.75, 3.05) is 16.4 Å². The highest BCUT2D eigenvalue weighted by atomic mass is 32.2. The van der Waals surface area contributed by atoms with Crippen LogP contribution in [-0.2, 0) is 11.3 Å². The van der Waals surface area contributed by atoms with Gasteiger partial charge in [-0.2, -0.15) is 0 Å². The van der Waals surface area contributed by atoms with Crippen molar-refractivity contribution in [1.82, 2.24) is 4.98 Å². The van der Waals surface area contributed by atoms with Gasteiger partial charge in [-0.25, -0.2) is 0 Å². The molecule has 0 aliphatic carbocycles. The van der Waals surface area contributed by atoms with E-state index in [0.717, 1.165) is 22.8 Å². The third-order valence-corrected chi connectivity index (χ3v) is 3.93. The van der Waals surface area contributed by atoms with Crippen molar-refractivity contribution < 1.29 is 4.79 Å². The Hall–Kier alpha value is -2.01. The first kappa shape index (κ1) is 12.0. The SMILES string of the molecule is O=C1CSc2ccc(NCc3ccncc3)cc2N1. The standard InChI is InChI=1S/C14H13N3OS/c18-14-9-19-13-2-1-11(7-12(13)17-14)16-8-10-3-5-15-6-4-10/h1-7,16H,8-9H2,(H,17,18). The predicted molar refractivity (Wildman–Crippen MR) is 77.4 cm³/mol. The number of amides is 1. The number of nitrogens with zero attached hydrogens (tertiary/aromatic N) is 1. The van der Waals surface area contributed by atoms with E-state index in [1.807, 2.05) is 30.3 Å². The van der Waals surface area contributed by atoms with E-state index in [0.29, 0.717) is 5.75 Å². The number of pyridine rings is 1. The molecule has 1 aromatic heterocycles. The second-order valence-electron chi connectivity index (χ2n) is 4.26. The number of fused-ring (bicyclic) bond motifs is 1. The summed E-state index contributed by atoms with van der Waals surface area (Å²) in [7, 11) is 0. The number of hydrogen-bond acceptors (Lipinski definition) is 4. The molecule has 1 aromatic carbocycles. The summed E-state index contributed by atoms with van der Waals surface area (Å²) in [6, 6.07) is 9.99. The smallest absolute Gasteiger partial charge is 0.234 e. The summed E-state index contributed by atoms with van der Waals surface area (Å²) in [5, 5.41) is 6.23. The molecule has 0 unspecified atom stereocenters. The molecule has 0 radical (unpaired) electrons. The molecule has 1 aliphatic rings. The normalized spacial score (nSPS) is 13.6. The number of aromatic nitrogens is 1. The van der Waals surface area contributed by atoms with Crippen LogP contribution < -0.4 is 10.6 Å². The lowest BCUT2D eigenvalue weighted by atomic mass is 10.2. The van der Waals surface area contributed by atoms with Gasteiger partial charge in [-0.05, 0) is 35.9 Å². The van der Waals surface area contributed by atoms with Crippen LogP contribution in [0.15, 0.2) is 47.6 Å². The summed E-state index contributed by atoms with van der Waals surface area (Å²) in [4.78, 5) is 16.5. The fourth-order valence-electron chi connectivity index (χ4n) is 1.90. The number of thioether (sulfide) groups is 1. The topological polar surface area (TPSA) is 54.0 Å². The minimum Gasteiger partial charge on any atom is -0.381 e. The molecule has 4 nitrogen and oxygen atoms in total. The highest BCUT2D eigenvalue weighted by molar-refractivity contribution is 8.00. The van der Waals surface area contributed by atoms with E-state index in [1.54, 1.807) is 24.2 Å². The van der Waals surface area contributed by atoms with Crippen LogP contribution in [0.25, 0.3) is 0 Å². The quantitative estimate of drug-likeness (QED) is 0.901. The maximum absolute atomic E-state index is 11.4. The molecular weight excluding hydrogens is 258 g/mol. The van der Waals surface area contributed by atoms with Crippen LogP contribution in [-0.4, -0.2) is 16.6 Å². The second-order valence-corrected chi connectivity index (χ2v) is 5.27. The lowest BCUT2D eigenvalue weighted by Gasteiger charge is -2.17. The Morgan fingerprint density at radius 1 is 1.26 bits per heavy atom. The molecule has 1 amide bonds. The first-order valence-corrected chi connectivity index (χ1v) is 6.99.